The Morgan fingerprint density at radius 1 is 1.07 bits per heavy atom. The van der Waals surface area contributed by atoms with Gasteiger partial charge in [-0.05, 0) is 23.6 Å². The lowest BCUT2D eigenvalue weighted by Crippen LogP contribution is -2.44. The van der Waals surface area contributed by atoms with Crippen molar-refractivity contribution in [3.63, 3.8) is 0 Å². The Bertz CT molecular complexity index is 974. The molecule has 4 rings (SSSR count). The molecule has 1 aliphatic rings. The molecule has 3 heterocycles. The predicted molar refractivity (Wildman–Crippen MR) is 112 cm³/mol. The summed E-state index contributed by atoms with van der Waals surface area (Å²) in [6.07, 6.45) is 2.06. The summed E-state index contributed by atoms with van der Waals surface area (Å²) in [4.78, 5) is 16.3. The quantitative estimate of drug-likeness (QED) is 0.680. The molecule has 3 aromatic rings. The second kappa shape index (κ2) is 8.08. The van der Waals surface area contributed by atoms with E-state index in [0.717, 1.165) is 17.1 Å². The molecule has 0 aliphatic carbocycles. The SMILES string of the molecule is COc1cc(NC(=O)N2CCn3cccc3[C@H]2c2cccs2)cc(OC)c1OC. The molecule has 152 valence electrons. The maximum absolute atomic E-state index is 13.3. The van der Waals surface area contributed by atoms with Crippen molar-refractivity contribution in [2.24, 2.45) is 0 Å². The summed E-state index contributed by atoms with van der Waals surface area (Å²) in [6.45, 7) is 1.37. The molecule has 0 fully saturated rings. The van der Waals surface area contributed by atoms with Gasteiger partial charge in [-0.3, -0.25) is 0 Å². The first-order valence-corrected chi connectivity index (χ1v) is 10.1. The molecule has 0 unspecified atom stereocenters. The average Bonchev–Trinajstić information content (AvgIpc) is 3.43. The summed E-state index contributed by atoms with van der Waals surface area (Å²) in [5, 5.41) is 5.03. The molecule has 2 amide bonds. The minimum absolute atomic E-state index is 0.124. The van der Waals surface area contributed by atoms with Gasteiger partial charge in [-0.25, -0.2) is 4.79 Å². The Labute approximate surface area is 173 Å². The Balaban J connectivity index is 1.64. The highest BCUT2D eigenvalue weighted by atomic mass is 32.1. The molecule has 29 heavy (non-hydrogen) atoms. The summed E-state index contributed by atoms with van der Waals surface area (Å²) >= 11 is 1.65. The molecule has 0 radical (unpaired) electrons. The van der Waals surface area contributed by atoms with Crippen LogP contribution in [0.5, 0.6) is 17.2 Å². The van der Waals surface area contributed by atoms with E-state index in [9.17, 15) is 4.79 Å². The van der Waals surface area contributed by atoms with Gasteiger partial charge in [0, 0.05) is 42.0 Å². The first-order valence-electron chi connectivity index (χ1n) is 9.22. The number of fused-ring (bicyclic) bond motifs is 1. The van der Waals surface area contributed by atoms with Gasteiger partial charge in [-0.2, -0.15) is 0 Å². The Hall–Kier alpha value is -3.13. The number of nitrogens with one attached hydrogen (secondary N) is 1. The third kappa shape index (κ3) is 3.51. The number of rotatable bonds is 5. The Morgan fingerprint density at radius 2 is 1.83 bits per heavy atom. The van der Waals surface area contributed by atoms with Crippen molar-refractivity contribution in [3.8, 4) is 17.2 Å². The zero-order valence-electron chi connectivity index (χ0n) is 16.5. The zero-order valence-corrected chi connectivity index (χ0v) is 17.4. The lowest BCUT2D eigenvalue weighted by atomic mass is 10.1. The van der Waals surface area contributed by atoms with Crippen LogP contribution in [0.1, 0.15) is 16.6 Å². The summed E-state index contributed by atoms with van der Waals surface area (Å²) in [6, 6.07) is 11.3. The standard InChI is InChI=1S/C21H23N3O4S/c1-26-16-12-14(13-17(27-2)20(16)28-3)22-21(25)24-10-9-23-8-4-6-15(23)19(24)18-7-5-11-29-18/h4-8,11-13,19H,9-10H2,1-3H3,(H,22,25)/t19-/m0/s1. The largest absolute Gasteiger partial charge is 0.493 e. The van der Waals surface area contributed by atoms with Crippen LogP contribution in [0, 0.1) is 0 Å². The highest BCUT2D eigenvalue weighted by Crippen LogP contribution is 2.40. The molecule has 0 saturated carbocycles. The van der Waals surface area contributed by atoms with E-state index >= 15 is 0 Å². The molecule has 1 aromatic carbocycles. The van der Waals surface area contributed by atoms with Gasteiger partial charge >= 0.3 is 6.03 Å². The van der Waals surface area contributed by atoms with Gasteiger partial charge in [0.2, 0.25) is 5.75 Å². The van der Waals surface area contributed by atoms with Gasteiger partial charge < -0.3 is 29.0 Å². The first-order chi connectivity index (χ1) is 14.2. The molecular formula is C21H23N3O4S. The molecule has 7 nitrogen and oxygen atoms in total. The number of ether oxygens (including phenoxy) is 3. The van der Waals surface area contributed by atoms with Crippen LogP contribution in [-0.2, 0) is 6.54 Å². The van der Waals surface area contributed by atoms with Crippen LogP contribution in [0.2, 0.25) is 0 Å². The first kappa shape index (κ1) is 19.2. The van der Waals surface area contributed by atoms with E-state index < -0.39 is 0 Å². The second-order valence-electron chi connectivity index (χ2n) is 6.58. The average molecular weight is 413 g/mol. The minimum Gasteiger partial charge on any atom is -0.493 e. The number of anilines is 1. The fourth-order valence-corrected chi connectivity index (χ4v) is 4.55. The summed E-state index contributed by atoms with van der Waals surface area (Å²) < 4.78 is 18.3. The van der Waals surface area contributed by atoms with Crippen molar-refractivity contribution in [1.29, 1.82) is 0 Å². The molecule has 1 N–H and O–H groups in total. The third-order valence-electron chi connectivity index (χ3n) is 5.03. The van der Waals surface area contributed by atoms with E-state index in [1.54, 1.807) is 44.8 Å². The number of carbonyl (C=O) groups is 1. The van der Waals surface area contributed by atoms with Crippen molar-refractivity contribution in [2.45, 2.75) is 12.6 Å². The van der Waals surface area contributed by atoms with Crippen molar-refractivity contribution >= 4 is 23.1 Å². The lowest BCUT2D eigenvalue weighted by molar-refractivity contribution is 0.183. The molecule has 1 aliphatic heterocycles. The predicted octanol–water partition coefficient (Wildman–Crippen LogP) is 4.21. The maximum Gasteiger partial charge on any atom is 0.322 e. The summed E-state index contributed by atoms with van der Waals surface area (Å²) in [5.74, 6) is 1.47. The fraction of sp³-hybridized carbons (Fsp3) is 0.286. The van der Waals surface area contributed by atoms with Crippen LogP contribution in [-0.4, -0.2) is 43.4 Å². The van der Waals surface area contributed by atoms with Crippen LogP contribution >= 0.6 is 11.3 Å². The fourth-order valence-electron chi connectivity index (χ4n) is 3.70. The zero-order chi connectivity index (χ0) is 20.4. The second-order valence-corrected chi connectivity index (χ2v) is 7.56. The molecule has 1 atom stereocenters. The molecule has 0 spiro atoms. The summed E-state index contributed by atoms with van der Waals surface area (Å²) in [5.41, 5.74) is 1.69. The van der Waals surface area contributed by atoms with E-state index in [4.69, 9.17) is 14.2 Å². The molecule has 0 saturated heterocycles. The minimum atomic E-state index is -0.176. The number of carbonyl (C=O) groups excluding carboxylic acids is 1. The number of nitrogens with zero attached hydrogens (tertiary/aromatic N) is 2. The van der Waals surface area contributed by atoms with Gasteiger partial charge in [0.25, 0.3) is 0 Å². The number of hydrogen-bond acceptors (Lipinski definition) is 5. The van der Waals surface area contributed by atoms with Gasteiger partial charge in [-0.1, -0.05) is 6.07 Å². The van der Waals surface area contributed by atoms with E-state index in [-0.39, 0.29) is 12.1 Å². The highest BCUT2D eigenvalue weighted by molar-refractivity contribution is 7.10. The summed E-state index contributed by atoms with van der Waals surface area (Å²) in [7, 11) is 4.65. The van der Waals surface area contributed by atoms with Crippen LogP contribution in [0.4, 0.5) is 10.5 Å². The van der Waals surface area contributed by atoms with E-state index in [1.807, 2.05) is 22.4 Å². The monoisotopic (exact) mass is 413 g/mol. The normalized spacial score (nSPS) is 15.6. The van der Waals surface area contributed by atoms with E-state index in [1.165, 1.54) is 0 Å². The Morgan fingerprint density at radius 3 is 2.45 bits per heavy atom. The smallest absolute Gasteiger partial charge is 0.322 e. The van der Waals surface area contributed by atoms with Crippen LogP contribution in [0.25, 0.3) is 0 Å². The van der Waals surface area contributed by atoms with Crippen LogP contribution < -0.4 is 19.5 Å². The van der Waals surface area contributed by atoms with Gasteiger partial charge in [-0.15, -0.1) is 11.3 Å². The van der Waals surface area contributed by atoms with Crippen molar-refractivity contribution in [3.05, 3.63) is 58.5 Å². The molecule has 0 bridgehead atoms. The maximum atomic E-state index is 13.3. The van der Waals surface area contributed by atoms with Crippen LogP contribution in [0.15, 0.2) is 48.0 Å². The number of thiophene rings is 1. The molecular weight excluding hydrogens is 390 g/mol. The number of urea groups is 1. The van der Waals surface area contributed by atoms with Gasteiger partial charge in [0.1, 0.15) is 6.04 Å². The number of methoxy groups -OCH3 is 3. The van der Waals surface area contributed by atoms with Crippen molar-refractivity contribution in [1.82, 2.24) is 9.47 Å². The number of amides is 2. The topological polar surface area (TPSA) is 65.0 Å². The van der Waals surface area contributed by atoms with Crippen LogP contribution in [0.3, 0.4) is 0 Å². The number of aromatic nitrogens is 1. The number of benzene rings is 1. The number of hydrogen-bond donors (Lipinski definition) is 1. The van der Waals surface area contributed by atoms with Gasteiger partial charge in [0.05, 0.1) is 27.0 Å². The van der Waals surface area contributed by atoms with Crippen molar-refractivity contribution < 1.29 is 19.0 Å². The molecule has 2 aromatic heterocycles. The lowest BCUT2D eigenvalue weighted by Gasteiger charge is -2.36. The highest BCUT2D eigenvalue weighted by Gasteiger charge is 2.33. The molecule has 8 heteroatoms. The third-order valence-corrected chi connectivity index (χ3v) is 5.95. The van der Waals surface area contributed by atoms with Gasteiger partial charge in [0.15, 0.2) is 11.5 Å². The van der Waals surface area contributed by atoms with E-state index in [2.05, 4.69) is 28.2 Å². The van der Waals surface area contributed by atoms with Crippen molar-refractivity contribution in [2.75, 3.05) is 33.2 Å². The van der Waals surface area contributed by atoms with E-state index in [0.29, 0.717) is 29.5 Å². The Kier molecular flexibility index (Phi) is 5.35.